The van der Waals surface area contributed by atoms with Gasteiger partial charge in [-0.1, -0.05) is 6.07 Å². The number of anilines is 1. The second kappa shape index (κ2) is 5.75. The molecule has 3 heterocycles. The van der Waals surface area contributed by atoms with Crippen LogP contribution in [0.5, 0.6) is 0 Å². The highest BCUT2D eigenvalue weighted by Crippen LogP contribution is 2.21. The lowest BCUT2D eigenvalue weighted by molar-refractivity contribution is 1.02. The molecule has 6 heteroatoms. The molecule has 0 unspecified atom stereocenters. The topological polar surface area (TPSA) is 63.6 Å². The third-order valence-corrected chi connectivity index (χ3v) is 3.60. The lowest BCUT2D eigenvalue weighted by Gasteiger charge is -2.03. The Bertz CT molecular complexity index is 696. The molecule has 3 rings (SSSR count). The van der Waals surface area contributed by atoms with Crippen LogP contribution >= 0.6 is 11.3 Å². The van der Waals surface area contributed by atoms with E-state index in [0.29, 0.717) is 6.54 Å². The second-order valence-electron chi connectivity index (χ2n) is 4.26. The Morgan fingerprint density at radius 1 is 1.20 bits per heavy atom. The van der Waals surface area contributed by atoms with Crippen molar-refractivity contribution in [2.45, 2.75) is 13.5 Å². The zero-order valence-electron chi connectivity index (χ0n) is 10.9. The summed E-state index contributed by atoms with van der Waals surface area (Å²) in [4.78, 5) is 17.1. The Morgan fingerprint density at radius 3 is 2.95 bits per heavy atom. The molecular formula is C14H13N5S. The fraction of sp³-hybridized carbons (Fsp3) is 0.143. The van der Waals surface area contributed by atoms with E-state index in [2.05, 4.69) is 25.3 Å². The first-order chi connectivity index (χ1) is 9.81. The molecule has 100 valence electrons. The van der Waals surface area contributed by atoms with Crippen LogP contribution in [0.15, 0.2) is 42.2 Å². The van der Waals surface area contributed by atoms with Crippen molar-refractivity contribution in [1.29, 1.82) is 0 Å². The molecule has 0 saturated heterocycles. The minimum atomic E-state index is 0.639. The number of nitrogens with one attached hydrogen (secondary N) is 1. The summed E-state index contributed by atoms with van der Waals surface area (Å²) in [6.45, 7) is 2.58. The summed E-state index contributed by atoms with van der Waals surface area (Å²) in [5.74, 6) is 0.810. The molecule has 0 aliphatic carbocycles. The van der Waals surface area contributed by atoms with Crippen molar-refractivity contribution in [2.75, 3.05) is 5.32 Å². The fourth-order valence-electron chi connectivity index (χ4n) is 1.73. The van der Waals surface area contributed by atoms with E-state index in [1.807, 2.05) is 36.6 Å². The molecule has 3 aromatic rings. The molecule has 0 aliphatic rings. The summed E-state index contributed by atoms with van der Waals surface area (Å²) >= 11 is 1.59. The lowest BCUT2D eigenvalue weighted by Crippen LogP contribution is -2.02. The van der Waals surface area contributed by atoms with E-state index in [1.54, 1.807) is 23.9 Å². The van der Waals surface area contributed by atoms with Gasteiger partial charge in [0.05, 0.1) is 17.9 Å². The van der Waals surface area contributed by atoms with Gasteiger partial charge in [-0.25, -0.2) is 15.0 Å². The third-order valence-electron chi connectivity index (χ3n) is 2.69. The predicted molar refractivity (Wildman–Crippen MR) is 79.4 cm³/mol. The summed E-state index contributed by atoms with van der Waals surface area (Å²) in [6.07, 6.45) is 3.33. The van der Waals surface area contributed by atoms with Crippen LogP contribution in [0, 0.1) is 6.92 Å². The van der Waals surface area contributed by atoms with Crippen LogP contribution in [-0.2, 0) is 6.54 Å². The number of nitrogens with zero attached hydrogens (tertiary/aromatic N) is 4. The predicted octanol–water partition coefficient (Wildman–Crippen LogP) is 2.92. The first-order valence-corrected chi connectivity index (χ1v) is 7.07. The minimum Gasteiger partial charge on any atom is -0.364 e. The van der Waals surface area contributed by atoms with Crippen molar-refractivity contribution in [1.82, 2.24) is 19.9 Å². The van der Waals surface area contributed by atoms with E-state index in [-0.39, 0.29) is 0 Å². The van der Waals surface area contributed by atoms with Gasteiger partial charge in [-0.15, -0.1) is 11.3 Å². The quantitative estimate of drug-likeness (QED) is 0.797. The van der Waals surface area contributed by atoms with Crippen molar-refractivity contribution >= 4 is 17.2 Å². The van der Waals surface area contributed by atoms with Gasteiger partial charge in [-0.3, -0.25) is 4.98 Å². The van der Waals surface area contributed by atoms with Gasteiger partial charge in [-0.2, -0.15) is 0 Å². The van der Waals surface area contributed by atoms with E-state index in [0.717, 1.165) is 27.9 Å². The molecule has 0 fully saturated rings. The Hall–Kier alpha value is -2.34. The average molecular weight is 283 g/mol. The van der Waals surface area contributed by atoms with Gasteiger partial charge in [-0.05, 0) is 19.1 Å². The highest BCUT2D eigenvalue weighted by atomic mass is 32.1. The molecule has 3 aromatic heterocycles. The normalized spacial score (nSPS) is 10.4. The molecule has 0 saturated carbocycles. The maximum absolute atomic E-state index is 4.57. The van der Waals surface area contributed by atoms with E-state index in [9.17, 15) is 0 Å². The van der Waals surface area contributed by atoms with Gasteiger partial charge < -0.3 is 5.32 Å². The first kappa shape index (κ1) is 12.7. The van der Waals surface area contributed by atoms with Crippen LogP contribution in [0.2, 0.25) is 0 Å². The zero-order valence-corrected chi connectivity index (χ0v) is 11.8. The average Bonchev–Trinajstić information content (AvgIpc) is 2.95. The molecule has 0 aromatic carbocycles. The standard InChI is InChI=1S/C14H13N5S/c1-10-6-13(18-9-17-10)16-7-11-8-20-14(19-11)12-4-2-3-5-15-12/h2-6,8-9H,7H2,1H3,(H,16,17,18). The molecule has 0 amide bonds. The van der Waals surface area contributed by atoms with Crippen molar-refractivity contribution in [3.63, 3.8) is 0 Å². The molecular weight excluding hydrogens is 270 g/mol. The first-order valence-electron chi connectivity index (χ1n) is 6.19. The molecule has 0 radical (unpaired) electrons. The largest absolute Gasteiger partial charge is 0.364 e. The SMILES string of the molecule is Cc1cc(NCc2csc(-c3ccccn3)n2)ncn1. The Labute approximate surface area is 120 Å². The van der Waals surface area contributed by atoms with Crippen molar-refractivity contribution in [3.05, 3.63) is 53.6 Å². The number of aromatic nitrogens is 4. The van der Waals surface area contributed by atoms with E-state index >= 15 is 0 Å². The van der Waals surface area contributed by atoms with Crippen molar-refractivity contribution < 1.29 is 0 Å². The Balaban J connectivity index is 1.69. The monoisotopic (exact) mass is 283 g/mol. The highest BCUT2D eigenvalue weighted by Gasteiger charge is 2.05. The van der Waals surface area contributed by atoms with Crippen LogP contribution in [0.25, 0.3) is 10.7 Å². The highest BCUT2D eigenvalue weighted by molar-refractivity contribution is 7.13. The van der Waals surface area contributed by atoms with Gasteiger partial charge in [0.2, 0.25) is 0 Å². The molecule has 0 bridgehead atoms. The van der Waals surface area contributed by atoms with E-state index in [4.69, 9.17) is 0 Å². The number of aryl methyl sites for hydroxylation is 1. The van der Waals surface area contributed by atoms with Crippen LogP contribution in [0.1, 0.15) is 11.4 Å². The maximum Gasteiger partial charge on any atom is 0.142 e. The molecule has 5 nitrogen and oxygen atoms in total. The number of hydrogen-bond acceptors (Lipinski definition) is 6. The number of rotatable bonds is 4. The summed E-state index contributed by atoms with van der Waals surface area (Å²) in [7, 11) is 0. The van der Waals surface area contributed by atoms with Gasteiger partial charge >= 0.3 is 0 Å². The Morgan fingerprint density at radius 2 is 2.15 bits per heavy atom. The third kappa shape index (κ3) is 2.97. The second-order valence-corrected chi connectivity index (χ2v) is 5.12. The van der Waals surface area contributed by atoms with E-state index < -0.39 is 0 Å². The lowest BCUT2D eigenvalue weighted by atomic mass is 10.3. The van der Waals surface area contributed by atoms with Gasteiger partial charge in [0.15, 0.2) is 0 Å². The zero-order chi connectivity index (χ0) is 13.8. The van der Waals surface area contributed by atoms with Gasteiger partial charge in [0.1, 0.15) is 17.2 Å². The van der Waals surface area contributed by atoms with Crippen LogP contribution in [-0.4, -0.2) is 19.9 Å². The van der Waals surface area contributed by atoms with Gasteiger partial charge in [0, 0.05) is 23.3 Å². The number of thiazole rings is 1. The smallest absolute Gasteiger partial charge is 0.142 e. The van der Waals surface area contributed by atoms with Crippen LogP contribution in [0.3, 0.4) is 0 Å². The van der Waals surface area contributed by atoms with Gasteiger partial charge in [0.25, 0.3) is 0 Å². The van der Waals surface area contributed by atoms with Crippen LogP contribution < -0.4 is 5.32 Å². The number of pyridine rings is 1. The van der Waals surface area contributed by atoms with Crippen molar-refractivity contribution in [3.8, 4) is 10.7 Å². The van der Waals surface area contributed by atoms with E-state index in [1.165, 1.54) is 0 Å². The molecule has 0 spiro atoms. The maximum atomic E-state index is 4.57. The van der Waals surface area contributed by atoms with Crippen LogP contribution in [0.4, 0.5) is 5.82 Å². The minimum absolute atomic E-state index is 0.639. The summed E-state index contributed by atoms with van der Waals surface area (Å²) in [5.41, 5.74) is 2.82. The summed E-state index contributed by atoms with van der Waals surface area (Å²) in [5, 5.41) is 6.20. The molecule has 0 atom stereocenters. The number of hydrogen-bond donors (Lipinski definition) is 1. The fourth-order valence-corrected chi connectivity index (χ4v) is 2.52. The Kier molecular flexibility index (Phi) is 3.64. The summed E-state index contributed by atoms with van der Waals surface area (Å²) in [6, 6.07) is 7.73. The molecule has 0 aliphatic heterocycles. The molecule has 1 N–H and O–H groups in total. The summed E-state index contributed by atoms with van der Waals surface area (Å²) < 4.78 is 0. The van der Waals surface area contributed by atoms with Crippen molar-refractivity contribution in [2.24, 2.45) is 0 Å². The molecule has 20 heavy (non-hydrogen) atoms.